The molecular formula is C16H15Cl2N3O2. The van der Waals surface area contributed by atoms with Crippen molar-refractivity contribution in [2.45, 2.75) is 6.92 Å². The number of hydrogen-bond acceptors (Lipinski definition) is 3. The highest BCUT2D eigenvalue weighted by molar-refractivity contribution is 6.42. The molecule has 0 bridgehead atoms. The average molecular weight is 352 g/mol. The van der Waals surface area contributed by atoms with Gasteiger partial charge in [-0.2, -0.15) is 0 Å². The van der Waals surface area contributed by atoms with Gasteiger partial charge in [-0.15, -0.1) is 0 Å². The summed E-state index contributed by atoms with van der Waals surface area (Å²) in [5.41, 5.74) is 1.55. The molecule has 2 aromatic rings. The topological polar surface area (TPSA) is 62.3 Å². The largest absolute Gasteiger partial charge is 0.331 e. The minimum Gasteiger partial charge on any atom is -0.331 e. The summed E-state index contributed by atoms with van der Waals surface area (Å²) in [6.45, 7) is 1.70. The SMILES string of the molecule is Cc1cccc(C(=O)N(C)CC(=O)Nc2ccc(Cl)c(Cl)c2)n1. The van der Waals surface area contributed by atoms with Crippen LogP contribution in [0.3, 0.4) is 0 Å². The second-order valence-electron chi connectivity index (χ2n) is 5.00. The van der Waals surface area contributed by atoms with E-state index in [2.05, 4.69) is 10.3 Å². The number of rotatable bonds is 4. The summed E-state index contributed by atoms with van der Waals surface area (Å²) in [4.78, 5) is 29.7. The van der Waals surface area contributed by atoms with Gasteiger partial charge in [0.1, 0.15) is 5.69 Å². The fraction of sp³-hybridized carbons (Fsp3) is 0.188. The van der Waals surface area contributed by atoms with Crippen LogP contribution in [-0.2, 0) is 4.79 Å². The van der Waals surface area contributed by atoms with Gasteiger partial charge < -0.3 is 10.2 Å². The summed E-state index contributed by atoms with van der Waals surface area (Å²) in [6.07, 6.45) is 0. The van der Waals surface area contributed by atoms with Gasteiger partial charge in [0.15, 0.2) is 0 Å². The predicted octanol–water partition coefficient (Wildman–Crippen LogP) is 3.41. The maximum absolute atomic E-state index is 12.2. The number of pyridine rings is 1. The maximum Gasteiger partial charge on any atom is 0.272 e. The molecule has 5 nitrogen and oxygen atoms in total. The third-order valence-corrected chi connectivity index (χ3v) is 3.78. The first kappa shape index (κ1) is 17.2. The maximum atomic E-state index is 12.2. The van der Waals surface area contributed by atoms with Crippen LogP contribution in [0.5, 0.6) is 0 Å². The van der Waals surface area contributed by atoms with Crippen molar-refractivity contribution in [2.75, 3.05) is 18.9 Å². The van der Waals surface area contributed by atoms with Gasteiger partial charge in [0.05, 0.1) is 16.6 Å². The number of carbonyl (C=O) groups is 2. The van der Waals surface area contributed by atoms with Crippen LogP contribution in [0.1, 0.15) is 16.2 Å². The number of nitrogens with zero attached hydrogens (tertiary/aromatic N) is 2. The van der Waals surface area contributed by atoms with Gasteiger partial charge >= 0.3 is 0 Å². The minimum absolute atomic E-state index is 0.102. The predicted molar refractivity (Wildman–Crippen MR) is 91.0 cm³/mol. The van der Waals surface area contributed by atoms with Gasteiger partial charge in [0.2, 0.25) is 5.91 Å². The smallest absolute Gasteiger partial charge is 0.272 e. The van der Waals surface area contributed by atoms with Crippen molar-refractivity contribution in [3.8, 4) is 0 Å². The standard InChI is InChI=1S/C16H15Cl2N3O2/c1-10-4-3-5-14(19-10)16(23)21(2)9-15(22)20-11-6-7-12(17)13(18)8-11/h3-8H,9H2,1-2H3,(H,20,22). The first-order chi connectivity index (χ1) is 10.9. The first-order valence-electron chi connectivity index (χ1n) is 6.81. The number of halogens is 2. The molecule has 0 fully saturated rings. The Bertz CT molecular complexity index is 750. The highest BCUT2D eigenvalue weighted by atomic mass is 35.5. The van der Waals surface area contributed by atoms with E-state index in [1.165, 1.54) is 4.90 Å². The summed E-state index contributed by atoms with van der Waals surface area (Å²) in [5.74, 6) is -0.662. The molecule has 1 heterocycles. The molecule has 1 N–H and O–H groups in total. The van der Waals surface area contributed by atoms with Gasteiger partial charge in [-0.3, -0.25) is 9.59 Å². The van der Waals surface area contributed by atoms with E-state index in [4.69, 9.17) is 23.2 Å². The summed E-state index contributed by atoms with van der Waals surface area (Å²) >= 11 is 11.7. The van der Waals surface area contributed by atoms with E-state index < -0.39 is 0 Å². The number of carbonyl (C=O) groups excluding carboxylic acids is 2. The van der Waals surface area contributed by atoms with E-state index in [-0.39, 0.29) is 18.4 Å². The second kappa shape index (κ2) is 7.44. The number of likely N-dealkylation sites (N-methyl/N-ethyl adjacent to an activating group) is 1. The Balaban J connectivity index is 1.99. The highest BCUT2D eigenvalue weighted by Gasteiger charge is 2.16. The van der Waals surface area contributed by atoms with E-state index in [0.717, 1.165) is 5.69 Å². The van der Waals surface area contributed by atoms with Crippen molar-refractivity contribution < 1.29 is 9.59 Å². The Kier molecular flexibility index (Phi) is 5.58. The van der Waals surface area contributed by atoms with Crippen LogP contribution in [0.25, 0.3) is 0 Å². The third-order valence-electron chi connectivity index (χ3n) is 3.04. The molecule has 1 aromatic heterocycles. The van der Waals surface area contributed by atoms with Crippen molar-refractivity contribution >= 4 is 40.7 Å². The molecule has 0 saturated carbocycles. The first-order valence-corrected chi connectivity index (χ1v) is 7.56. The van der Waals surface area contributed by atoms with E-state index >= 15 is 0 Å². The monoisotopic (exact) mass is 351 g/mol. The zero-order chi connectivity index (χ0) is 17.0. The summed E-state index contributed by atoms with van der Waals surface area (Å²) in [7, 11) is 1.54. The molecule has 0 saturated heterocycles. The molecule has 0 radical (unpaired) electrons. The lowest BCUT2D eigenvalue weighted by atomic mass is 10.3. The number of aryl methyl sites for hydroxylation is 1. The molecule has 0 aliphatic carbocycles. The van der Waals surface area contributed by atoms with Crippen LogP contribution in [0.4, 0.5) is 5.69 Å². The molecule has 0 spiro atoms. The van der Waals surface area contributed by atoms with Gasteiger partial charge in [0, 0.05) is 18.4 Å². The zero-order valence-electron chi connectivity index (χ0n) is 12.6. The van der Waals surface area contributed by atoms with E-state index in [1.54, 1.807) is 50.4 Å². The molecule has 0 atom stereocenters. The van der Waals surface area contributed by atoms with Gasteiger partial charge in [-0.05, 0) is 37.3 Å². The lowest BCUT2D eigenvalue weighted by molar-refractivity contribution is -0.116. The fourth-order valence-corrected chi connectivity index (χ4v) is 2.22. The number of anilines is 1. The summed E-state index contributed by atoms with van der Waals surface area (Å²) in [6, 6.07) is 9.93. The Morgan fingerprint density at radius 3 is 2.57 bits per heavy atom. The lowest BCUT2D eigenvalue weighted by Gasteiger charge is -2.16. The molecule has 1 aromatic carbocycles. The number of amides is 2. The zero-order valence-corrected chi connectivity index (χ0v) is 14.1. The third kappa shape index (κ3) is 4.68. The lowest BCUT2D eigenvalue weighted by Crippen LogP contribution is -2.35. The van der Waals surface area contributed by atoms with Crippen molar-refractivity contribution in [2.24, 2.45) is 0 Å². The van der Waals surface area contributed by atoms with Gasteiger partial charge in [-0.1, -0.05) is 29.3 Å². The summed E-state index contributed by atoms with van der Waals surface area (Å²) < 4.78 is 0. The van der Waals surface area contributed by atoms with Crippen LogP contribution in [0.2, 0.25) is 10.0 Å². The van der Waals surface area contributed by atoms with Crippen LogP contribution in [0, 0.1) is 6.92 Å². The van der Waals surface area contributed by atoms with Crippen LogP contribution >= 0.6 is 23.2 Å². The molecule has 0 aliphatic rings. The Hall–Kier alpha value is -2.11. The Morgan fingerprint density at radius 2 is 1.91 bits per heavy atom. The van der Waals surface area contributed by atoms with Crippen molar-refractivity contribution in [3.63, 3.8) is 0 Å². The molecule has 2 rings (SSSR count). The molecule has 0 aliphatic heterocycles. The van der Waals surface area contributed by atoms with E-state index in [0.29, 0.717) is 21.4 Å². The molecule has 120 valence electrons. The van der Waals surface area contributed by atoms with Gasteiger partial charge in [0.25, 0.3) is 5.91 Å². The Morgan fingerprint density at radius 1 is 1.17 bits per heavy atom. The van der Waals surface area contributed by atoms with Crippen molar-refractivity contribution in [1.82, 2.24) is 9.88 Å². The normalized spacial score (nSPS) is 10.3. The molecular weight excluding hydrogens is 337 g/mol. The van der Waals surface area contributed by atoms with Gasteiger partial charge in [-0.25, -0.2) is 4.98 Å². The number of hydrogen-bond donors (Lipinski definition) is 1. The molecule has 2 amide bonds. The highest BCUT2D eigenvalue weighted by Crippen LogP contribution is 2.24. The Labute approximate surface area is 144 Å². The average Bonchev–Trinajstić information content (AvgIpc) is 2.50. The quantitative estimate of drug-likeness (QED) is 0.917. The molecule has 7 heteroatoms. The molecule has 23 heavy (non-hydrogen) atoms. The number of nitrogens with one attached hydrogen (secondary N) is 1. The van der Waals surface area contributed by atoms with Crippen LogP contribution in [-0.4, -0.2) is 35.3 Å². The number of benzene rings is 1. The van der Waals surface area contributed by atoms with E-state index in [1.807, 2.05) is 0 Å². The van der Waals surface area contributed by atoms with Crippen LogP contribution in [0.15, 0.2) is 36.4 Å². The minimum atomic E-state index is -0.341. The summed E-state index contributed by atoms with van der Waals surface area (Å²) in [5, 5.41) is 3.41. The number of aromatic nitrogens is 1. The van der Waals surface area contributed by atoms with Crippen molar-refractivity contribution in [1.29, 1.82) is 0 Å². The fourth-order valence-electron chi connectivity index (χ4n) is 1.92. The van der Waals surface area contributed by atoms with Crippen LogP contribution < -0.4 is 5.32 Å². The van der Waals surface area contributed by atoms with Crippen molar-refractivity contribution in [3.05, 3.63) is 57.8 Å². The van der Waals surface area contributed by atoms with E-state index in [9.17, 15) is 9.59 Å². The second-order valence-corrected chi connectivity index (χ2v) is 5.82. The molecule has 0 unspecified atom stereocenters.